The van der Waals surface area contributed by atoms with Crippen molar-refractivity contribution in [3.8, 4) is 0 Å². The molecule has 2 aromatic rings. The molecular formula is C11H13BrN2. The predicted molar refractivity (Wildman–Crippen MR) is 63.5 cm³/mol. The Morgan fingerprint density at radius 1 is 1.43 bits per heavy atom. The fraction of sp³-hybridized carbons (Fsp3) is 0.273. The molecule has 0 saturated heterocycles. The molecule has 0 bridgehead atoms. The monoisotopic (exact) mass is 252 g/mol. The number of aromatic nitrogens is 1. The van der Waals surface area contributed by atoms with Crippen LogP contribution in [0.4, 0.5) is 0 Å². The van der Waals surface area contributed by atoms with E-state index in [0.29, 0.717) is 6.04 Å². The molecule has 0 spiro atoms. The Morgan fingerprint density at radius 2 is 2.21 bits per heavy atom. The fourth-order valence-corrected chi connectivity index (χ4v) is 2.13. The van der Waals surface area contributed by atoms with Crippen molar-refractivity contribution in [2.24, 2.45) is 0 Å². The quantitative estimate of drug-likeness (QED) is 0.845. The zero-order valence-electron chi connectivity index (χ0n) is 8.26. The first-order valence-electron chi connectivity index (χ1n) is 4.67. The van der Waals surface area contributed by atoms with Gasteiger partial charge in [-0.1, -0.05) is 12.1 Å². The maximum absolute atomic E-state index is 3.53. The maximum Gasteiger partial charge on any atom is 0.0601 e. The van der Waals surface area contributed by atoms with Crippen LogP contribution in [-0.4, -0.2) is 12.0 Å². The van der Waals surface area contributed by atoms with Crippen molar-refractivity contribution in [3.63, 3.8) is 0 Å². The second kappa shape index (κ2) is 3.75. The van der Waals surface area contributed by atoms with E-state index in [1.165, 1.54) is 16.5 Å². The zero-order chi connectivity index (χ0) is 10.1. The Kier molecular flexibility index (Phi) is 2.61. The minimum atomic E-state index is 0.373. The second-order valence-electron chi connectivity index (χ2n) is 3.42. The molecule has 74 valence electrons. The Bertz CT molecular complexity index is 447. The van der Waals surface area contributed by atoms with E-state index in [4.69, 9.17) is 0 Å². The summed E-state index contributed by atoms with van der Waals surface area (Å²) in [5, 5.41) is 4.52. The fourth-order valence-electron chi connectivity index (χ4n) is 1.65. The lowest BCUT2D eigenvalue weighted by Crippen LogP contribution is -2.11. The largest absolute Gasteiger partial charge is 0.360 e. The molecule has 14 heavy (non-hydrogen) atoms. The summed E-state index contributed by atoms with van der Waals surface area (Å²) in [4.78, 5) is 3.28. The molecular weight excluding hydrogens is 240 g/mol. The normalized spacial score (nSPS) is 13.4. The van der Waals surface area contributed by atoms with E-state index in [2.05, 4.69) is 51.5 Å². The third kappa shape index (κ3) is 1.47. The van der Waals surface area contributed by atoms with Gasteiger partial charge < -0.3 is 10.3 Å². The number of nitrogens with one attached hydrogen (secondary N) is 2. The first-order valence-corrected chi connectivity index (χ1v) is 5.46. The molecule has 0 aliphatic carbocycles. The lowest BCUT2D eigenvalue weighted by atomic mass is 10.1. The number of rotatable bonds is 2. The lowest BCUT2D eigenvalue weighted by Gasteiger charge is -2.08. The summed E-state index contributed by atoms with van der Waals surface area (Å²) >= 11 is 3.53. The summed E-state index contributed by atoms with van der Waals surface area (Å²) in [6, 6.07) is 6.62. The van der Waals surface area contributed by atoms with Gasteiger partial charge in [-0.3, -0.25) is 0 Å². The smallest absolute Gasteiger partial charge is 0.0601 e. The number of benzene rings is 1. The SMILES string of the molecule is CNC(C)c1c[nH]c2c(Br)cccc12. The number of aromatic amines is 1. The number of halogens is 1. The van der Waals surface area contributed by atoms with Gasteiger partial charge in [0.25, 0.3) is 0 Å². The summed E-state index contributed by atoms with van der Waals surface area (Å²) in [6.45, 7) is 2.16. The molecule has 3 heteroatoms. The van der Waals surface area contributed by atoms with Gasteiger partial charge in [-0.15, -0.1) is 0 Å². The summed E-state index contributed by atoms with van der Waals surface area (Å²) in [7, 11) is 1.97. The van der Waals surface area contributed by atoms with Crippen LogP contribution in [0.5, 0.6) is 0 Å². The lowest BCUT2D eigenvalue weighted by molar-refractivity contribution is 0.657. The molecule has 1 unspecified atom stereocenters. The van der Waals surface area contributed by atoms with E-state index in [-0.39, 0.29) is 0 Å². The van der Waals surface area contributed by atoms with Crippen LogP contribution < -0.4 is 5.32 Å². The van der Waals surface area contributed by atoms with Gasteiger partial charge in [0.2, 0.25) is 0 Å². The van der Waals surface area contributed by atoms with E-state index >= 15 is 0 Å². The van der Waals surface area contributed by atoms with Crippen LogP contribution >= 0.6 is 15.9 Å². The van der Waals surface area contributed by atoms with Gasteiger partial charge in [0.05, 0.1) is 5.52 Å². The average Bonchev–Trinajstić information content (AvgIpc) is 2.62. The van der Waals surface area contributed by atoms with Crippen molar-refractivity contribution in [1.29, 1.82) is 0 Å². The van der Waals surface area contributed by atoms with Crippen LogP contribution in [0.25, 0.3) is 10.9 Å². The van der Waals surface area contributed by atoms with Crippen LogP contribution in [0.2, 0.25) is 0 Å². The minimum absolute atomic E-state index is 0.373. The number of fused-ring (bicyclic) bond motifs is 1. The molecule has 0 saturated carbocycles. The molecule has 0 fully saturated rings. The van der Waals surface area contributed by atoms with Gasteiger partial charge in [-0.05, 0) is 41.5 Å². The molecule has 0 amide bonds. The Balaban J connectivity index is 2.63. The first-order chi connectivity index (χ1) is 6.74. The molecule has 1 heterocycles. The van der Waals surface area contributed by atoms with Crippen LogP contribution in [0.1, 0.15) is 18.5 Å². The molecule has 0 aliphatic rings. The van der Waals surface area contributed by atoms with Gasteiger partial charge in [0.15, 0.2) is 0 Å². The highest BCUT2D eigenvalue weighted by atomic mass is 79.9. The van der Waals surface area contributed by atoms with Crippen LogP contribution in [0, 0.1) is 0 Å². The highest BCUT2D eigenvalue weighted by Crippen LogP contribution is 2.28. The van der Waals surface area contributed by atoms with E-state index in [0.717, 1.165) is 4.47 Å². The van der Waals surface area contributed by atoms with Gasteiger partial charge in [0.1, 0.15) is 0 Å². The number of H-pyrrole nitrogens is 1. The van der Waals surface area contributed by atoms with Crippen LogP contribution in [0.15, 0.2) is 28.9 Å². The van der Waals surface area contributed by atoms with Gasteiger partial charge in [0, 0.05) is 22.1 Å². The van der Waals surface area contributed by atoms with E-state index in [1.54, 1.807) is 0 Å². The molecule has 1 aromatic heterocycles. The van der Waals surface area contributed by atoms with E-state index < -0.39 is 0 Å². The standard InChI is InChI=1S/C11H13BrN2/c1-7(13-2)9-6-14-11-8(9)4-3-5-10(11)12/h3-7,13-14H,1-2H3. The predicted octanol–water partition coefficient (Wildman–Crippen LogP) is 3.21. The zero-order valence-corrected chi connectivity index (χ0v) is 9.85. The van der Waals surface area contributed by atoms with Gasteiger partial charge in [-0.25, -0.2) is 0 Å². The van der Waals surface area contributed by atoms with Gasteiger partial charge in [-0.2, -0.15) is 0 Å². The number of para-hydroxylation sites is 1. The third-order valence-corrected chi connectivity index (χ3v) is 3.26. The molecule has 1 aromatic carbocycles. The minimum Gasteiger partial charge on any atom is -0.360 e. The summed E-state index contributed by atoms with van der Waals surface area (Å²) < 4.78 is 1.12. The van der Waals surface area contributed by atoms with E-state index in [9.17, 15) is 0 Å². The first kappa shape index (κ1) is 9.74. The van der Waals surface area contributed by atoms with Crippen molar-refractivity contribution in [3.05, 3.63) is 34.4 Å². The summed E-state index contributed by atoms with van der Waals surface area (Å²) in [5.74, 6) is 0. The molecule has 2 N–H and O–H groups in total. The van der Waals surface area contributed by atoms with Crippen LogP contribution in [-0.2, 0) is 0 Å². The molecule has 2 rings (SSSR count). The number of hydrogen-bond donors (Lipinski definition) is 2. The Morgan fingerprint density at radius 3 is 2.93 bits per heavy atom. The molecule has 2 nitrogen and oxygen atoms in total. The Labute approximate surface area is 91.8 Å². The topological polar surface area (TPSA) is 27.8 Å². The average molecular weight is 253 g/mol. The third-order valence-electron chi connectivity index (χ3n) is 2.60. The number of hydrogen-bond acceptors (Lipinski definition) is 1. The second-order valence-corrected chi connectivity index (χ2v) is 4.27. The molecule has 0 radical (unpaired) electrons. The van der Waals surface area contributed by atoms with Crippen molar-refractivity contribution in [1.82, 2.24) is 10.3 Å². The maximum atomic E-state index is 3.53. The highest BCUT2D eigenvalue weighted by Gasteiger charge is 2.10. The van der Waals surface area contributed by atoms with Gasteiger partial charge >= 0.3 is 0 Å². The van der Waals surface area contributed by atoms with Crippen LogP contribution in [0.3, 0.4) is 0 Å². The van der Waals surface area contributed by atoms with Crippen molar-refractivity contribution < 1.29 is 0 Å². The molecule has 0 aliphatic heterocycles. The summed E-state index contributed by atoms with van der Waals surface area (Å²) in [5.41, 5.74) is 2.48. The highest BCUT2D eigenvalue weighted by molar-refractivity contribution is 9.10. The molecule has 1 atom stereocenters. The van der Waals surface area contributed by atoms with Crippen molar-refractivity contribution in [2.75, 3.05) is 7.05 Å². The van der Waals surface area contributed by atoms with Crippen molar-refractivity contribution >= 4 is 26.8 Å². The van der Waals surface area contributed by atoms with E-state index in [1.807, 2.05) is 13.1 Å². The van der Waals surface area contributed by atoms with Crippen molar-refractivity contribution in [2.45, 2.75) is 13.0 Å². The Hall–Kier alpha value is -0.800. The summed E-state index contributed by atoms with van der Waals surface area (Å²) in [6.07, 6.45) is 2.07.